The Kier molecular flexibility index (Phi) is 5.19. The summed E-state index contributed by atoms with van der Waals surface area (Å²) in [7, 11) is -3.05. The molecule has 2 aliphatic rings. The van der Waals surface area contributed by atoms with Gasteiger partial charge in [-0.1, -0.05) is 36.4 Å². The molecule has 5 heteroatoms. The lowest BCUT2D eigenvalue weighted by Gasteiger charge is -2.36. The number of hydrogen-bond donors (Lipinski definition) is 0. The first-order valence-electron chi connectivity index (χ1n) is 8.44. The van der Waals surface area contributed by atoms with Gasteiger partial charge in [-0.3, -0.25) is 4.90 Å². The van der Waals surface area contributed by atoms with Crippen molar-refractivity contribution in [2.75, 3.05) is 39.0 Å². The van der Waals surface area contributed by atoms with Crippen molar-refractivity contribution in [2.45, 2.75) is 19.3 Å². The topological polar surface area (TPSA) is 40.6 Å². The van der Waals surface area contributed by atoms with E-state index >= 15 is 0 Å². The van der Waals surface area contributed by atoms with Crippen LogP contribution in [-0.4, -0.2) is 56.6 Å². The van der Waals surface area contributed by atoms with Gasteiger partial charge in [-0.25, -0.2) is 12.7 Å². The van der Waals surface area contributed by atoms with E-state index in [1.165, 1.54) is 17.4 Å². The Hall–Kier alpha value is -1.17. The molecule has 1 aromatic rings. The van der Waals surface area contributed by atoms with E-state index < -0.39 is 10.0 Å². The first-order chi connectivity index (χ1) is 11.0. The Balaban J connectivity index is 1.60. The number of sulfonamides is 1. The number of nitrogens with zero attached hydrogens (tertiary/aromatic N) is 2. The lowest BCUT2D eigenvalue weighted by atomic mass is 9.96. The third-order valence-corrected chi connectivity index (χ3v) is 6.11. The smallest absolute Gasteiger partial charge is 0.211 e. The zero-order valence-electron chi connectivity index (χ0n) is 13.8. The van der Waals surface area contributed by atoms with Crippen LogP contribution in [0.3, 0.4) is 0 Å². The van der Waals surface area contributed by atoms with Crippen molar-refractivity contribution in [3.05, 3.63) is 42.0 Å². The van der Waals surface area contributed by atoms with Crippen molar-refractivity contribution in [3.63, 3.8) is 0 Å². The maximum atomic E-state index is 11.8. The Morgan fingerprint density at radius 3 is 2.70 bits per heavy atom. The molecule has 23 heavy (non-hydrogen) atoms. The third-order valence-electron chi connectivity index (χ3n) is 4.84. The molecule has 0 spiro atoms. The summed E-state index contributed by atoms with van der Waals surface area (Å²) in [6.07, 6.45) is 6.86. The second-order valence-electron chi connectivity index (χ2n) is 6.75. The first kappa shape index (κ1) is 16.7. The van der Waals surface area contributed by atoms with Gasteiger partial charge < -0.3 is 0 Å². The molecule has 4 nitrogen and oxygen atoms in total. The fourth-order valence-electron chi connectivity index (χ4n) is 3.67. The van der Waals surface area contributed by atoms with Crippen molar-refractivity contribution >= 4 is 15.6 Å². The Labute approximate surface area is 139 Å². The molecule has 0 N–H and O–H groups in total. The molecule has 1 aromatic carbocycles. The SMILES string of the molecule is CS(=O)(=O)N1CCC[C@H](CN2CCC=C(c3ccccc3)C2)C1. The van der Waals surface area contributed by atoms with Crippen molar-refractivity contribution in [2.24, 2.45) is 5.92 Å². The average Bonchev–Trinajstić information content (AvgIpc) is 2.55. The van der Waals surface area contributed by atoms with E-state index in [1.54, 1.807) is 4.31 Å². The molecule has 3 rings (SSSR count). The van der Waals surface area contributed by atoms with Gasteiger partial charge in [0.05, 0.1) is 6.26 Å². The molecule has 2 heterocycles. The summed E-state index contributed by atoms with van der Waals surface area (Å²) in [5.74, 6) is 0.452. The third kappa shape index (κ3) is 4.43. The van der Waals surface area contributed by atoms with Crippen LogP contribution in [0.25, 0.3) is 5.57 Å². The van der Waals surface area contributed by atoms with Crippen molar-refractivity contribution in [1.29, 1.82) is 0 Å². The summed E-state index contributed by atoms with van der Waals surface area (Å²) in [5, 5.41) is 0. The van der Waals surface area contributed by atoms with Crippen LogP contribution in [0.15, 0.2) is 36.4 Å². The van der Waals surface area contributed by atoms with E-state index in [4.69, 9.17) is 0 Å². The summed E-state index contributed by atoms with van der Waals surface area (Å²) < 4.78 is 25.2. The number of rotatable bonds is 4. The number of benzene rings is 1. The van der Waals surface area contributed by atoms with Gasteiger partial charge in [0.1, 0.15) is 0 Å². The van der Waals surface area contributed by atoms with Gasteiger partial charge in [0.2, 0.25) is 10.0 Å². The Morgan fingerprint density at radius 1 is 1.17 bits per heavy atom. The van der Waals surface area contributed by atoms with Gasteiger partial charge in [0.15, 0.2) is 0 Å². The largest absolute Gasteiger partial charge is 0.298 e. The molecule has 0 aromatic heterocycles. The maximum Gasteiger partial charge on any atom is 0.211 e. The van der Waals surface area contributed by atoms with E-state index in [0.717, 1.165) is 38.9 Å². The average molecular weight is 334 g/mol. The molecular formula is C18H26N2O2S. The minimum atomic E-state index is -3.05. The Morgan fingerprint density at radius 2 is 1.96 bits per heavy atom. The fourth-order valence-corrected chi connectivity index (χ4v) is 4.61. The van der Waals surface area contributed by atoms with Crippen LogP contribution < -0.4 is 0 Å². The van der Waals surface area contributed by atoms with Crippen LogP contribution in [0.5, 0.6) is 0 Å². The molecule has 0 radical (unpaired) electrons. The van der Waals surface area contributed by atoms with Crippen molar-refractivity contribution in [3.8, 4) is 0 Å². The lowest BCUT2D eigenvalue weighted by molar-refractivity contribution is 0.190. The highest BCUT2D eigenvalue weighted by Gasteiger charge is 2.27. The monoisotopic (exact) mass is 334 g/mol. The summed E-state index contributed by atoms with van der Waals surface area (Å²) in [6.45, 7) is 4.41. The van der Waals surface area contributed by atoms with E-state index in [9.17, 15) is 8.42 Å². The quantitative estimate of drug-likeness (QED) is 0.849. The minimum absolute atomic E-state index is 0.452. The van der Waals surface area contributed by atoms with Crippen LogP contribution in [0, 0.1) is 5.92 Å². The van der Waals surface area contributed by atoms with Gasteiger partial charge >= 0.3 is 0 Å². The molecule has 0 aliphatic carbocycles. The number of hydrogen-bond acceptors (Lipinski definition) is 3. The van der Waals surface area contributed by atoms with Crippen LogP contribution in [0.1, 0.15) is 24.8 Å². The van der Waals surface area contributed by atoms with Crippen LogP contribution in [0.2, 0.25) is 0 Å². The van der Waals surface area contributed by atoms with E-state index in [0.29, 0.717) is 19.0 Å². The minimum Gasteiger partial charge on any atom is -0.298 e. The summed E-state index contributed by atoms with van der Waals surface area (Å²) in [4.78, 5) is 2.48. The van der Waals surface area contributed by atoms with Gasteiger partial charge in [0.25, 0.3) is 0 Å². The van der Waals surface area contributed by atoms with Crippen LogP contribution >= 0.6 is 0 Å². The highest BCUT2D eigenvalue weighted by Crippen LogP contribution is 2.24. The molecule has 1 atom stereocenters. The standard InChI is InChI=1S/C18H26N2O2S/c1-23(21,22)20-12-5-7-16(14-20)13-19-11-6-10-18(15-19)17-8-3-2-4-9-17/h2-4,8-10,16H,5-7,11-15H2,1H3/t16-/m1/s1. The highest BCUT2D eigenvalue weighted by atomic mass is 32.2. The molecule has 0 amide bonds. The van der Waals surface area contributed by atoms with Gasteiger partial charge in [-0.15, -0.1) is 0 Å². The molecular weight excluding hydrogens is 308 g/mol. The highest BCUT2D eigenvalue weighted by molar-refractivity contribution is 7.88. The molecule has 0 bridgehead atoms. The predicted molar refractivity (Wildman–Crippen MR) is 94.6 cm³/mol. The van der Waals surface area contributed by atoms with Crippen molar-refractivity contribution < 1.29 is 8.42 Å². The van der Waals surface area contributed by atoms with Gasteiger partial charge in [-0.2, -0.15) is 0 Å². The summed E-state index contributed by atoms with van der Waals surface area (Å²) >= 11 is 0. The predicted octanol–water partition coefficient (Wildman–Crippen LogP) is 2.45. The molecule has 126 valence electrons. The molecule has 0 saturated carbocycles. The molecule has 1 fully saturated rings. The Bertz CT molecular complexity index is 655. The number of piperidine rings is 1. The zero-order valence-corrected chi connectivity index (χ0v) is 14.6. The van der Waals surface area contributed by atoms with Gasteiger partial charge in [0, 0.05) is 32.7 Å². The molecule has 2 aliphatic heterocycles. The van der Waals surface area contributed by atoms with Gasteiger partial charge in [-0.05, 0) is 36.3 Å². The second-order valence-corrected chi connectivity index (χ2v) is 8.73. The first-order valence-corrected chi connectivity index (χ1v) is 10.3. The second kappa shape index (κ2) is 7.16. The van der Waals surface area contributed by atoms with Crippen molar-refractivity contribution in [1.82, 2.24) is 9.21 Å². The molecule has 0 unspecified atom stereocenters. The summed E-state index contributed by atoms with van der Waals surface area (Å²) in [6, 6.07) is 10.6. The fraction of sp³-hybridized carbons (Fsp3) is 0.556. The van der Waals surface area contributed by atoms with E-state index in [1.807, 2.05) is 6.07 Å². The molecule has 1 saturated heterocycles. The van der Waals surface area contributed by atoms with Crippen LogP contribution in [-0.2, 0) is 10.0 Å². The van der Waals surface area contributed by atoms with E-state index in [-0.39, 0.29) is 0 Å². The lowest BCUT2D eigenvalue weighted by Crippen LogP contribution is -2.44. The zero-order chi connectivity index (χ0) is 16.3. The van der Waals surface area contributed by atoms with Crippen LogP contribution in [0.4, 0.5) is 0 Å². The summed E-state index contributed by atoms with van der Waals surface area (Å²) in [5.41, 5.74) is 2.70. The van der Waals surface area contributed by atoms with E-state index in [2.05, 4.69) is 35.2 Å². The maximum absolute atomic E-state index is 11.8. The normalized spacial score (nSPS) is 24.4.